The number of Topliss-reactive ketones (excluding diaryl/α,β-unsaturated/α-hetero) is 1. The van der Waals surface area contributed by atoms with Gasteiger partial charge in [-0.1, -0.05) is 48.5 Å². The van der Waals surface area contributed by atoms with Crippen molar-refractivity contribution >= 4 is 11.8 Å². The molecule has 0 aromatic heterocycles. The number of aromatic carboxylic acids is 1. The number of carboxylic acids is 1. The maximum Gasteiger partial charge on any atom is 0.336 e. The molecule has 5 nitrogen and oxygen atoms in total. The van der Waals surface area contributed by atoms with E-state index in [0.29, 0.717) is 0 Å². The monoisotopic (exact) mass is 285 g/mol. The van der Waals surface area contributed by atoms with E-state index in [2.05, 4.69) is 0 Å². The molecule has 0 fully saturated rings. The summed E-state index contributed by atoms with van der Waals surface area (Å²) in [6.45, 7) is 0. The Bertz CT molecular complexity index is 640. The van der Waals surface area contributed by atoms with Crippen LogP contribution in [0.25, 0.3) is 0 Å². The van der Waals surface area contributed by atoms with Crippen molar-refractivity contribution in [1.29, 1.82) is 0 Å². The van der Waals surface area contributed by atoms with Gasteiger partial charge in [0.1, 0.15) is 0 Å². The Hall–Kier alpha value is -2.50. The van der Waals surface area contributed by atoms with Crippen molar-refractivity contribution in [3.8, 4) is 0 Å². The minimum Gasteiger partial charge on any atom is -0.478 e. The second kappa shape index (κ2) is 6.78. The Kier molecular flexibility index (Phi) is 4.81. The van der Waals surface area contributed by atoms with Crippen molar-refractivity contribution in [2.24, 2.45) is 0 Å². The molecule has 2 rings (SSSR count). The zero-order chi connectivity index (χ0) is 15.2. The number of rotatable bonds is 6. The summed E-state index contributed by atoms with van der Waals surface area (Å²) >= 11 is 0. The van der Waals surface area contributed by atoms with Crippen molar-refractivity contribution in [3.63, 3.8) is 0 Å². The highest BCUT2D eigenvalue weighted by Gasteiger charge is 2.24. The standard InChI is InChI=1S/C16H15NO4/c18-15(12-8-4-5-9-13(12)16(19)20)14(17-21)10-11-6-2-1-3-7-11/h1-9,14,17,21H,10H2,(H,19,20). The predicted octanol–water partition coefficient (Wildman–Crippen LogP) is 2.16. The second-order valence-electron chi connectivity index (χ2n) is 4.59. The lowest BCUT2D eigenvalue weighted by molar-refractivity contribution is 0.0679. The van der Waals surface area contributed by atoms with Crippen LogP contribution in [-0.4, -0.2) is 28.1 Å². The van der Waals surface area contributed by atoms with Crippen LogP contribution in [0.4, 0.5) is 0 Å². The SMILES string of the molecule is O=C(O)c1ccccc1C(=O)C(Cc1ccccc1)NO. The van der Waals surface area contributed by atoms with E-state index in [1.807, 2.05) is 35.8 Å². The molecular weight excluding hydrogens is 270 g/mol. The molecule has 108 valence electrons. The number of hydroxylamine groups is 1. The maximum absolute atomic E-state index is 12.4. The lowest BCUT2D eigenvalue weighted by Crippen LogP contribution is -2.37. The van der Waals surface area contributed by atoms with Gasteiger partial charge < -0.3 is 10.3 Å². The minimum atomic E-state index is -1.17. The van der Waals surface area contributed by atoms with Crippen LogP contribution in [0.5, 0.6) is 0 Å². The zero-order valence-electron chi connectivity index (χ0n) is 11.2. The molecule has 0 bridgehead atoms. The van der Waals surface area contributed by atoms with Crippen LogP contribution in [0.2, 0.25) is 0 Å². The van der Waals surface area contributed by atoms with Gasteiger partial charge in [-0.25, -0.2) is 4.79 Å². The number of ketones is 1. The molecule has 0 aliphatic heterocycles. The molecule has 0 radical (unpaired) electrons. The first-order valence-corrected chi connectivity index (χ1v) is 6.43. The number of carbonyl (C=O) groups excluding carboxylic acids is 1. The summed E-state index contributed by atoms with van der Waals surface area (Å²) in [4.78, 5) is 23.6. The largest absolute Gasteiger partial charge is 0.478 e. The van der Waals surface area contributed by atoms with E-state index in [4.69, 9.17) is 5.11 Å². The number of carbonyl (C=O) groups is 2. The third-order valence-electron chi connectivity index (χ3n) is 3.18. The lowest BCUT2D eigenvalue weighted by atomic mass is 9.95. The fourth-order valence-electron chi connectivity index (χ4n) is 2.12. The Morgan fingerprint density at radius 1 is 0.952 bits per heavy atom. The normalized spacial score (nSPS) is 11.9. The van der Waals surface area contributed by atoms with Crippen LogP contribution in [0, 0.1) is 0 Å². The number of nitrogens with one attached hydrogen (secondary N) is 1. The van der Waals surface area contributed by atoms with Crippen LogP contribution in [0.1, 0.15) is 26.3 Å². The third-order valence-corrected chi connectivity index (χ3v) is 3.18. The Morgan fingerprint density at radius 2 is 1.52 bits per heavy atom. The van der Waals surface area contributed by atoms with Crippen molar-refractivity contribution in [2.75, 3.05) is 0 Å². The van der Waals surface area contributed by atoms with E-state index in [9.17, 15) is 14.8 Å². The molecule has 2 aromatic carbocycles. The van der Waals surface area contributed by atoms with Crippen molar-refractivity contribution in [3.05, 3.63) is 71.3 Å². The third kappa shape index (κ3) is 3.53. The summed E-state index contributed by atoms with van der Waals surface area (Å²) in [6.07, 6.45) is 0.268. The first-order valence-electron chi connectivity index (χ1n) is 6.43. The van der Waals surface area contributed by atoms with E-state index < -0.39 is 17.8 Å². The Labute approximate surface area is 121 Å². The topological polar surface area (TPSA) is 86.6 Å². The molecule has 2 aromatic rings. The molecule has 3 N–H and O–H groups in total. The number of carboxylic acid groups (broad SMARTS) is 1. The molecule has 1 unspecified atom stereocenters. The Morgan fingerprint density at radius 3 is 2.10 bits per heavy atom. The minimum absolute atomic E-state index is 0.0733. The van der Waals surface area contributed by atoms with Gasteiger partial charge in [0.15, 0.2) is 5.78 Å². The van der Waals surface area contributed by atoms with Gasteiger partial charge in [-0.2, -0.15) is 5.48 Å². The van der Waals surface area contributed by atoms with E-state index >= 15 is 0 Å². The van der Waals surface area contributed by atoms with Gasteiger partial charge in [0.05, 0.1) is 11.6 Å². The summed E-state index contributed by atoms with van der Waals surface area (Å²) < 4.78 is 0. The highest BCUT2D eigenvalue weighted by atomic mass is 16.5. The van der Waals surface area contributed by atoms with Gasteiger partial charge in [0.2, 0.25) is 0 Å². The quantitative estimate of drug-likeness (QED) is 0.559. The van der Waals surface area contributed by atoms with Gasteiger partial charge in [0.25, 0.3) is 0 Å². The van der Waals surface area contributed by atoms with E-state index in [1.54, 1.807) is 12.1 Å². The predicted molar refractivity (Wildman–Crippen MR) is 76.6 cm³/mol. The first kappa shape index (κ1) is 14.9. The molecule has 0 aliphatic carbocycles. The van der Waals surface area contributed by atoms with Crippen LogP contribution in [0.15, 0.2) is 54.6 Å². The highest BCUT2D eigenvalue weighted by Crippen LogP contribution is 2.14. The molecule has 0 aliphatic rings. The fraction of sp³-hybridized carbons (Fsp3) is 0.125. The average Bonchev–Trinajstić information content (AvgIpc) is 2.53. The van der Waals surface area contributed by atoms with Crippen LogP contribution in [-0.2, 0) is 6.42 Å². The smallest absolute Gasteiger partial charge is 0.336 e. The van der Waals surface area contributed by atoms with Crippen molar-refractivity contribution in [1.82, 2.24) is 5.48 Å². The molecule has 21 heavy (non-hydrogen) atoms. The highest BCUT2D eigenvalue weighted by molar-refractivity contribution is 6.08. The van der Waals surface area contributed by atoms with Gasteiger partial charge in [0, 0.05) is 5.56 Å². The molecule has 0 spiro atoms. The lowest BCUT2D eigenvalue weighted by Gasteiger charge is -2.15. The number of benzene rings is 2. The second-order valence-corrected chi connectivity index (χ2v) is 4.59. The number of hydrogen-bond donors (Lipinski definition) is 3. The Balaban J connectivity index is 2.27. The van der Waals surface area contributed by atoms with E-state index in [0.717, 1.165) is 5.56 Å². The molecule has 0 heterocycles. The van der Waals surface area contributed by atoms with Crippen molar-refractivity contribution < 1.29 is 19.9 Å². The average molecular weight is 285 g/mol. The molecule has 1 atom stereocenters. The molecule has 0 amide bonds. The number of hydrogen-bond acceptors (Lipinski definition) is 4. The summed E-state index contributed by atoms with van der Waals surface area (Å²) in [6, 6.07) is 14.3. The van der Waals surface area contributed by atoms with Crippen LogP contribution < -0.4 is 5.48 Å². The maximum atomic E-state index is 12.4. The van der Waals surface area contributed by atoms with E-state index in [1.165, 1.54) is 12.1 Å². The summed E-state index contributed by atoms with van der Waals surface area (Å²) in [5.41, 5.74) is 2.84. The van der Waals surface area contributed by atoms with Crippen LogP contribution >= 0.6 is 0 Å². The van der Waals surface area contributed by atoms with Gasteiger partial charge in [-0.3, -0.25) is 4.79 Å². The van der Waals surface area contributed by atoms with Gasteiger partial charge >= 0.3 is 5.97 Å². The molecule has 0 saturated carbocycles. The van der Waals surface area contributed by atoms with Gasteiger partial charge in [-0.15, -0.1) is 0 Å². The summed E-state index contributed by atoms with van der Waals surface area (Å²) in [5, 5.41) is 18.4. The molecule has 5 heteroatoms. The summed E-state index contributed by atoms with van der Waals surface area (Å²) in [5.74, 6) is -1.63. The van der Waals surface area contributed by atoms with Gasteiger partial charge in [-0.05, 0) is 18.1 Å². The summed E-state index contributed by atoms with van der Waals surface area (Å²) in [7, 11) is 0. The molecule has 0 saturated heterocycles. The first-order chi connectivity index (χ1) is 10.1. The van der Waals surface area contributed by atoms with E-state index in [-0.39, 0.29) is 17.5 Å². The zero-order valence-corrected chi connectivity index (χ0v) is 11.2. The fourth-order valence-corrected chi connectivity index (χ4v) is 2.12. The van der Waals surface area contributed by atoms with Crippen molar-refractivity contribution in [2.45, 2.75) is 12.5 Å². The molecular formula is C16H15NO4. The van der Waals surface area contributed by atoms with Crippen LogP contribution in [0.3, 0.4) is 0 Å².